The van der Waals surface area contributed by atoms with Crippen molar-refractivity contribution in [1.29, 1.82) is 0 Å². The number of rotatable bonds is 4. The van der Waals surface area contributed by atoms with Crippen molar-refractivity contribution in [3.05, 3.63) is 23.8 Å². The third kappa shape index (κ3) is 3.59. The van der Waals surface area contributed by atoms with Crippen molar-refractivity contribution >= 4 is 11.9 Å². The first-order valence-corrected chi connectivity index (χ1v) is 5.59. The molecule has 0 aromatic heterocycles. The Balaban J connectivity index is 2.99. The number of ether oxygens (including phenoxy) is 2. The minimum atomic E-state index is -0.357. The second-order valence-electron chi connectivity index (χ2n) is 3.56. The Bertz CT molecular complexity index is 423. The molecule has 1 rings (SSSR count). The molecule has 0 amide bonds. The molecule has 0 atom stereocenters. The summed E-state index contributed by atoms with van der Waals surface area (Å²) >= 11 is 0. The number of hydrogen-bond acceptors (Lipinski definition) is 4. The van der Waals surface area contributed by atoms with Crippen molar-refractivity contribution in [2.75, 3.05) is 0 Å². The van der Waals surface area contributed by atoms with Crippen LogP contribution in [-0.4, -0.2) is 11.9 Å². The van der Waals surface area contributed by atoms with Crippen LogP contribution < -0.4 is 9.47 Å². The van der Waals surface area contributed by atoms with Crippen LogP contribution in [0.25, 0.3) is 0 Å². The zero-order chi connectivity index (χ0) is 12.8. The topological polar surface area (TPSA) is 52.6 Å². The van der Waals surface area contributed by atoms with Crippen molar-refractivity contribution in [2.45, 2.75) is 33.6 Å². The molecule has 92 valence electrons. The van der Waals surface area contributed by atoms with Crippen molar-refractivity contribution in [3.63, 3.8) is 0 Å². The van der Waals surface area contributed by atoms with Crippen LogP contribution in [0, 0.1) is 6.92 Å². The molecule has 17 heavy (non-hydrogen) atoms. The number of aryl methyl sites for hydroxylation is 1. The lowest BCUT2D eigenvalue weighted by molar-refractivity contribution is -0.136. The molecule has 0 radical (unpaired) electrons. The maximum Gasteiger partial charge on any atom is 0.311 e. The van der Waals surface area contributed by atoms with Gasteiger partial charge in [-0.3, -0.25) is 9.59 Å². The monoisotopic (exact) mass is 236 g/mol. The second kappa shape index (κ2) is 6.03. The quantitative estimate of drug-likeness (QED) is 0.595. The first kappa shape index (κ1) is 13.2. The average molecular weight is 236 g/mol. The van der Waals surface area contributed by atoms with Crippen LogP contribution in [0.5, 0.6) is 11.5 Å². The molecular formula is C13H16O4. The summed E-state index contributed by atoms with van der Waals surface area (Å²) < 4.78 is 10.3. The fourth-order valence-electron chi connectivity index (χ4n) is 1.22. The van der Waals surface area contributed by atoms with Gasteiger partial charge in [0.15, 0.2) is 11.5 Å². The average Bonchev–Trinajstić information content (AvgIpc) is 2.33. The second-order valence-corrected chi connectivity index (χ2v) is 3.56. The largest absolute Gasteiger partial charge is 0.423 e. The summed E-state index contributed by atoms with van der Waals surface area (Å²) in [5.74, 6) is -0.0997. The van der Waals surface area contributed by atoms with Crippen LogP contribution in [0.2, 0.25) is 0 Å². The SMILES string of the molecule is CCC(=O)Oc1cccc(C)c1OC(=O)CC. The maximum absolute atomic E-state index is 11.3. The van der Waals surface area contributed by atoms with Crippen molar-refractivity contribution in [2.24, 2.45) is 0 Å². The van der Waals surface area contributed by atoms with Gasteiger partial charge in [0.2, 0.25) is 0 Å². The van der Waals surface area contributed by atoms with E-state index in [1.807, 2.05) is 0 Å². The maximum atomic E-state index is 11.3. The van der Waals surface area contributed by atoms with E-state index in [-0.39, 0.29) is 24.8 Å². The Morgan fingerprint density at radius 1 is 1.06 bits per heavy atom. The minimum absolute atomic E-state index is 0.273. The molecule has 0 fully saturated rings. The summed E-state index contributed by atoms with van der Waals surface area (Å²) in [6.45, 7) is 5.20. The third-order valence-electron chi connectivity index (χ3n) is 2.19. The predicted octanol–water partition coefficient (Wildman–Crippen LogP) is 2.63. The Morgan fingerprint density at radius 2 is 1.65 bits per heavy atom. The van der Waals surface area contributed by atoms with Gasteiger partial charge in [0, 0.05) is 12.8 Å². The van der Waals surface area contributed by atoms with E-state index in [2.05, 4.69) is 0 Å². The lowest BCUT2D eigenvalue weighted by Gasteiger charge is -2.11. The number of para-hydroxylation sites is 1. The Hall–Kier alpha value is -1.84. The summed E-state index contributed by atoms with van der Waals surface area (Å²) in [5, 5.41) is 0. The summed E-state index contributed by atoms with van der Waals surface area (Å²) in [5.41, 5.74) is 0.758. The zero-order valence-corrected chi connectivity index (χ0v) is 10.3. The fraction of sp³-hybridized carbons (Fsp3) is 0.385. The summed E-state index contributed by atoms with van der Waals surface area (Å²) in [6, 6.07) is 5.15. The van der Waals surface area contributed by atoms with Crippen LogP contribution in [0.1, 0.15) is 32.3 Å². The van der Waals surface area contributed by atoms with Gasteiger partial charge in [-0.15, -0.1) is 0 Å². The van der Waals surface area contributed by atoms with Crippen LogP contribution in [0.15, 0.2) is 18.2 Å². The third-order valence-corrected chi connectivity index (χ3v) is 2.19. The van der Waals surface area contributed by atoms with Gasteiger partial charge < -0.3 is 9.47 Å². The molecule has 1 aromatic rings. The van der Waals surface area contributed by atoms with Crippen molar-refractivity contribution in [3.8, 4) is 11.5 Å². The molecule has 0 unspecified atom stereocenters. The normalized spacial score (nSPS) is 9.82. The summed E-state index contributed by atoms with van der Waals surface area (Å²) in [6.07, 6.45) is 0.546. The number of esters is 2. The fourth-order valence-corrected chi connectivity index (χ4v) is 1.22. The van der Waals surface area contributed by atoms with E-state index in [4.69, 9.17) is 9.47 Å². The van der Waals surface area contributed by atoms with Gasteiger partial charge in [0.25, 0.3) is 0 Å². The first-order chi connectivity index (χ1) is 8.08. The van der Waals surface area contributed by atoms with E-state index < -0.39 is 0 Å². The number of hydrogen-bond donors (Lipinski definition) is 0. The highest BCUT2D eigenvalue weighted by atomic mass is 16.6. The van der Waals surface area contributed by atoms with Gasteiger partial charge in [-0.05, 0) is 18.6 Å². The molecule has 0 N–H and O–H groups in total. The number of benzene rings is 1. The lowest BCUT2D eigenvalue weighted by Crippen LogP contribution is -2.11. The molecule has 0 saturated heterocycles. The Kier molecular flexibility index (Phi) is 4.69. The number of carbonyl (C=O) groups is 2. The van der Waals surface area contributed by atoms with Crippen molar-refractivity contribution < 1.29 is 19.1 Å². The standard InChI is InChI=1S/C13H16O4/c1-4-11(14)16-10-8-6-7-9(3)13(10)17-12(15)5-2/h6-8H,4-5H2,1-3H3. The lowest BCUT2D eigenvalue weighted by atomic mass is 10.2. The van der Waals surface area contributed by atoms with E-state index in [9.17, 15) is 9.59 Å². The molecule has 4 nitrogen and oxygen atoms in total. The molecule has 4 heteroatoms. The summed E-state index contributed by atoms with van der Waals surface area (Å²) in [7, 11) is 0. The predicted molar refractivity (Wildman–Crippen MR) is 63.0 cm³/mol. The Labute approximate surface area is 101 Å². The van der Waals surface area contributed by atoms with Gasteiger partial charge in [-0.25, -0.2) is 0 Å². The molecule has 0 aliphatic rings. The smallest absolute Gasteiger partial charge is 0.311 e. The van der Waals surface area contributed by atoms with E-state index in [0.717, 1.165) is 5.56 Å². The van der Waals surface area contributed by atoms with Crippen LogP contribution in [0.3, 0.4) is 0 Å². The molecule has 0 spiro atoms. The van der Waals surface area contributed by atoms with E-state index in [0.29, 0.717) is 11.5 Å². The molecule has 0 heterocycles. The molecule has 0 saturated carbocycles. The van der Waals surface area contributed by atoms with E-state index in [1.165, 1.54) is 0 Å². The van der Waals surface area contributed by atoms with Gasteiger partial charge in [-0.2, -0.15) is 0 Å². The highest BCUT2D eigenvalue weighted by Crippen LogP contribution is 2.31. The minimum Gasteiger partial charge on any atom is -0.423 e. The molecule has 0 aliphatic carbocycles. The van der Waals surface area contributed by atoms with Gasteiger partial charge in [-0.1, -0.05) is 26.0 Å². The zero-order valence-electron chi connectivity index (χ0n) is 10.3. The number of carbonyl (C=O) groups excluding carboxylic acids is 2. The highest BCUT2D eigenvalue weighted by molar-refractivity contribution is 5.76. The molecular weight excluding hydrogens is 220 g/mol. The van der Waals surface area contributed by atoms with Gasteiger partial charge >= 0.3 is 11.9 Å². The van der Waals surface area contributed by atoms with Crippen molar-refractivity contribution in [1.82, 2.24) is 0 Å². The first-order valence-electron chi connectivity index (χ1n) is 5.59. The van der Waals surface area contributed by atoms with Crippen LogP contribution in [0.4, 0.5) is 0 Å². The molecule has 0 aliphatic heterocycles. The van der Waals surface area contributed by atoms with E-state index in [1.54, 1.807) is 39.0 Å². The highest BCUT2D eigenvalue weighted by Gasteiger charge is 2.14. The van der Waals surface area contributed by atoms with E-state index >= 15 is 0 Å². The van der Waals surface area contributed by atoms with Gasteiger partial charge in [0.05, 0.1) is 0 Å². The Morgan fingerprint density at radius 3 is 2.24 bits per heavy atom. The molecule has 1 aromatic carbocycles. The van der Waals surface area contributed by atoms with Crippen LogP contribution in [-0.2, 0) is 9.59 Å². The van der Waals surface area contributed by atoms with Crippen LogP contribution >= 0.6 is 0 Å². The van der Waals surface area contributed by atoms with Gasteiger partial charge in [0.1, 0.15) is 0 Å². The molecule has 0 bridgehead atoms. The summed E-state index contributed by atoms with van der Waals surface area (Å²) in [4.78, 5) is 22.5.